The largest absolute Gasteiger partial charge is 0.508 e. The molecule has 260 valence electrons. The van der Waals surface area contributed by atoms with Crippen molar-refractivity contribution in [3.63, 3.8) is 0 Å². The molecule has 12 heteroatoms. The summed E-state index contributed by atoms with van der Waals surface area (Å²) in [4.78, 5) is 58.2. The molecular formula is C40H30Cl2N4O6. The number of anilines is 4. The number of para-hydroxylation sites is 2. The van der Waals surface area contributed by atoms with Crippen LogP contribution in [-0.4, -0.2) is 33.8 Å². The number of aromatic hydroxyl groups is 2. The van der Waals surface area contributed by atoms with E-state index >= 15 is 0 Å². The number of hydrogen-bond donors (Lipinski definition) is 4. The Kier molecular flexibility index (Phi) is 9.62. The van der Waals surface area contributed by atoms with E-state index in [1.807, 2.05) is 60.7 Å². The molecule has 0 bridgehead atoms. The third-order valence-corrected chi connectivity index (χ3v) is 9.05. The van der Waals surface area contributed by atoms with E-state index in [1.54, 1.807) is 12.1 Å². The number of carbonyl (C=O) groups is 4. The van der Waals surface area contributed by atoms with Gasteiger partial charge in [0, 0.05) is 68.6 Å². The molecule has 4 amide bonds. The molecule has 2 aliphatic heterocycles. The van der Waals surface area contributed by atoms with Crippen molar-refractivity contribution in [1.29, 1.82) is 0 Å². The van der Waals surface area contributed by atoms with Crippen LogP contribution in [0.3, 0.4) is 0 Å². The zero-order valence-electron chi connectivity index (χ0n) is 27.2. The molecule has 8 rings (SSSR count). The Morgan fingerprint density at radius 1 is 0.442 bits per heavy atom. The van der Waals surface area contributed by atoms with Crippen molar-refractivity contribution in [2.75, 3.05) is 20.4 Å². The van der Waals surface area contributed by atoms with Crippen LogP contribution in [0, 0.1) is 0 Å². The van der Waals surface area contributed by atoms with Crippen LogP contribution in [0.1, 0.15) is 52.6 Å². The summed E-state index contributed by atoms with van der Waals surface area (Å²) in [6, 6.07) is 33.9. The minimum absolute atomic E-state index is 0. The van der Waals surface area contributed by atoms with Gasteiger partial charge in [0.15, 0.2) is 0 Å². The predicted octanol–water partition coefficient (Wildman–Crippen LogP) is 7.92. The first-order chi connectivity index (χ1) is 24.3. The summed E-state index contributed by atoms with van der Waals surface area (Å²) in [7, 11) is 0. The Morgan fingerprint density at radius 3 is 1.10 bits per heavy atom. The van der Waals surface area contributed by atoms with Crippen LogP contribution in [0.2, 0.25) is 0 Å². The first-order valence-electron chi connectivity index (χ1n) is 15.9. The summed E-state index contributed by atoms with van der Waals surface area (Å²) in [6.45, 7) is 0.483. The van der Waals surface area contributed by atoms with Gasteiger partial charge in [-0.3, -0.25) is 19.2 Å². The normalized spacial score (nSPS) is 13.1. The number of halogens is 2. The molecule has 0 saturated carbocycles. The van der Waals surface area contributed by atoms with E-state index in [0.29, 0.717) is 11.1 Å². The highest BCUT2D eigenvalue weighted by atomic mass is 35.5. The monoisotopic (exact) mass is 732 g/mol. The number of amides is 4. The fourth-order valence-electron chi connectivity index (χ4n) is 6.56. The van der Waals surface area contributed by atoms with Gasteiger partial charge in [-0.05, 0) is 84.9 Å². The third-order valence-electron chi connectivity index (χ3n) is 9.05. The minimum Gasteiger partial charge on any atom is -0.508 e. The van der Waals surface area contributed by atoms with Gasteiger partial charge in [0.25, 0.3) is 23.6 Å². The average Bonchev–Trinajstić information content (AvgIpc) is 3.14. The van der Waals surface area contributed by atoms with Gasteiger partial charge in [-0.15, -0.1) is 24.8 Å². The maximum atomic E-state index is 14.0. The highest BCUT2D eigenvalue weighted by molar-refractivity contribution is 6.42. The Hall–Kier alpha value is -6.36. The van der Waals surface area contributed by atoms with Gasteiger partial charge in [0.2, 0.25) is 0 Å². The Labute approximate surface area is 310 Å². The first-order valence-corrected chi connectivity index (χ1v) is 15.9. The molecule has 4 N–H and O–H groups in total. The van der Waals surface area contributed by atoms with Crippen LogP contribution in [-0.2, 0) is 13.1 Å². The predicted molar refractivity (Wildman–Crippen MR) is 204 cm³/mol. The summed E-state index contributed by atoms with van der Waals surface area (Å²) in [5.74, 6) is -2.46. The third kappa shape index (κ3) is 5.93. The lowest BCUT2D eigenvalue weighted by Gasteiger charge is -2.32. The van der Waals surface area contributed by atoms with Gasteiger partial charge < -0.3 is 20.8 Å². The SMILES string of the molecule is Cl.Cl.O=C1c2ccc3c4c(ccc(c24)C(=O)N1c1ccc(O)c(CNc2ccccc2)c1)C(=O)N(c1ccc(O)c(CNc2ccccc2)c1)C3=O. The Balaban J connectivity index is 0.00000232. The summed E-state index contributed by atoms with van der Waals surface area (Å²) in [5.41, 5.74) is 3.86. The molecular weight excluding hydrogens is 703 g/mol. The molecule has 0 radical (unpaired) electrons. The molecule has 0 spiro atoms. The second-order valence-corrected chi connectivity index (χ2v) is 12.0. The number of phenols is 2. The lowest BCUT2D eigenvalue weighted by atomic mass is 9.85. The van der Waals surface area contributed by atoms with E-state index in [4.69, 9.17) is 0 Å². The smallest absolute Gasteiger partial charge is 0.265 e. The molecule has 0 fully saturated rings. The van der Waals surface area contributed by atoms with Crippen LogP contribution in [0.25, 0.3) is 10.8 Å². The number of nitrogens with one attached hydrogen (secondary N) is 2. The fourth-order valence-corrected chi connectivity index (χ4v) is 6.56. The fraction of sp³-hybridized carbons (Fsp3) is 0.0500. The molecule has 10 nitrogen and oxygen atoms in total. The van der Waals surface area contributed by atoms with Crippen molar-refractivity contribution in [1.82, 2.24) is 0 Å². The molecule has 52 heavy (non-hydrogen) atoms. The molecule has 0 saturated heterocycles. The highest BCUT2D eigenvalue weighted by Crippen LogP contribution is 2.41. The van der Waals surface area contributed by atoms with E-state index in [2.05, 4.69) is 10.6 Å². The minimum atomic E-state index is -0.615. The summed E-state index contributed by atoms with van der Waals surface area (Å²) < 4.78 is 0. The number of benzene rings is 6. The van der Waals surface area contributed by atoms with Gasteiger partial charge >= 0.3 is 0 Å². The second-order valence-electron chi connectivity index (χ2n) is 12.0. The van der Waals surface area contributed by atoms with E-state index in [0.717, 1.165) is 21.2 Å². The first kappa shape index (κ1) is 35.5. The molecule has 2 aliphatic rings. The number of imide groups is 2. The Bertz CT molecular complexity index is 2170. The van der Waals surface area contributed by atoms with E-state index in [-0.39, 0.29) is 93.8 Å². The Morgan fingerprint density at radius 2 is 0.769 bits per heavy atom. The molecule has 0 unspecified atom stereocenters. The zero-order valence-corrected chi connectivity index (χ0v) is 28.8. The quantitative estimate of drug-likeness (QED) is 0.116. The number of carbonyl (C=O) groups excluding carboxylic acids is 4. The average molecular weight is 734 g/mol. The number of phenolic OH excluding ortho intramolecular Hbond substituents is 2. The van der Waals surface area contributed by atoms with Gasteiger partial charge in [-0.25, -0.2) is 9.80 Å². The van der Waals surface area contributed by atoms with Crippen LogP contribution in [0.5, 0.6) is 11.5 Å². The maximum absolute atomic E-state index is 14.0. The topological polar surface area (TPSA) is 139 Å². The lowest BCUT2D eigenvalue weighted by Crippen LogP contribution is -2.43. The van der Waals surface area contributed by atoms with Gasteiger partial charge in [0.1, 0.15) is 11.5 Å². The molecule has 0 aliphatic carbocycles. The molecule has 6 aromatic rings. The van der Waals surface area contributed by atoms with Gasteiger partial charge in [0.05, 0.1) is 11.4 Å². The lowest BCUT2D eigenvalue weighted by molar-refractivity contribution is 0.0873. The van der Waals surface area contributed by atoms with Gasteiger partial charge in [-0.1, -0.05) is 36.4 Å². The molecule has 0 aromatic heterocycles. The van der Waals surface area contributed by atoms with Crippen molar-refractivity contribution < 1.29 is 29.4 Å². The van der Waals surface area contributed by atoms with E-state index in [1.165, 1.54) is 48.5 Å². The van der Waals surface area contributed by atoms with Crippen molar-refractivity contribution >= 4 is 82.0 Å². The van der Waals surface area contributed by atoms with Crippen LogP contribution in [0.4, 0.5) is 22.7 Å². The summed E-state index contributed by atoms with van der Waals surface area (Å²) in [6.07, 6.45) is 0. The van der Waals surface area contributed by atoms with Crippen LogP contribution < -0.4 is 20.4 Å². The van der Waals surface area contributed by atoms with Crippen molar-refractivity contribution in [3.8, 4) is 11.5 Å². The van der Waals surface area contributed by atoms with E-state index in [9.17, 15) is 29.4 Å². The van der Waals surface area contributed by atoms with E-state index < -0.39 is 23.6 Å². The summed E-state index contributed by atoms with van der Waals surface area (Å²) in [5, 5.41) is 28.1. The molecule has 0 atom stereocenters. The molecule has 2 heterocycles. The van der Waals surface area contributed by atoms with Crippen LogP contribution in [0.15, 0.2) is 121 Å². The molecule has 6 aromatic carbocycles. The van der Waals surface area contributed by atoms with Crippen molar-refractivity contribution in [3.05, 3.63) is 155 Å². The van der Waals surface area contributed by atoms with Crippen LogP contribution >= 0.6 is 24.8 Å². The summed E-state index contributed by atoms with van der Waals surface area (Å²) >= 11 is 0. The number of nitrogens with zero attached hydrogens (tertiary/aromatic N) is 2. The zero-order chi connectivity index (χ0) is 34.5. The maximum Gasteiger partial charge on any atom is 0.265 e. The second kappa shape index (κ2) is 14.1. The highest BCUT2D eigenvalue weighted by Gasteiger charge is 2.41. The van der Waals surface area contributed by atoms with Crippen molar-refractivity contribution in [2.24, 2.45) is 0 Å². The standard InChI is InChI=1S/C40H28N4O6.2ClH/c45-33-17-11-27(19-23(33)21-41-25-7-3-1-4-8-25)43-37(47)29-13-15-31-36-32(16-14-30(35(29)36)38(43)48)40(50)44(39(31)49)28-12-18-34(46)24(20-28)22-42-26-9-5-2-6-10-26;;/h1-20,41-42,45-46H,21-22H2;2*1H. The van der Waals surface area contributed by atoms with Crippen molar-refractivity contribution in [2.45, 2.75) is 13.1 Å². The van der Waals surface area contributed by atoms with Gasteiger partial charge in [-0.2, -0.15) is 0 Å². The number of rotatable bonds is 8. The number of hydrogen-bond acceptors (Lipinski definition) is 8.